The molecule has 2 saturated carbocycles. The van der Waals surface area contributed by atoms with Crippen LogP contribution in [-0.4, -0.2) is 0 Å². The van der Waals surface area contributed by atoms with E-state index in [1.54, 1.807) is 0 Å². The van der Waals surface area contributed by atoms with Gasteiger partial charge in [-0.1, -0.05) is 183 Å². The smallest absolute Gasteiger partial charge is 0.159 e. The fourth-order valence-electron chi connectivity index (χ4n) is 14.9. The number of anilines is 6. The maximum atomic E-state index is 7.31. The maximum Gasteiger partial charge on any atom is 0.159 e. The van der Waals surface area contributed by atoms with E-state index < -0.39 is 0 Å². The zero-order valence-corrected chi connectivity index (χ0v) is 44.0. The van der Waals surface area contributed by atoms with Gasteiger partial charge in [0.2, 0.25) is 0 Å². The van der Waals surface area contributed by atoms with E-state index >= 15 is 0 Å². The van der Waals surface area contributed by atoms with Crippen LogP contribution in [-0.2, 0) is 0 Å². The van der Waals surface area contributed by atoms with Gasteiger partial charge in [-0.25, -0.2) is 0 Å². The van der Waals surface area contributed by atoms with E-state index in [-0.39, 0.29) is 0 Å². The zero-order valence-electron chi connectivity index (χ0n) is 44.0. The average molecular weight is 1030 g/mol. The number of hydrogen-bond donors (Lipinski definition) is 0. The molecular formula is C74H52N2O4. The fourth-order valence-corrected chi connectivity index (χ4v) is 14.9. The Morgan fingerprint density at radius 1 is 0.250 bits per heavy atom. The Morgan fingerprint density at radius 2 is 0.575 bits per heavy atom. The van der Waals surface area contributed by atoms with Crippen molar-refractivity contribution in [1.82, 2.24) is 0 Å². The normalized spacial score (nSPS) is 14.8. The predicted molar refractivity (Wildman–Crippen MR) is 331 cm³/mol. The molecule has 2 aliphatic rings. The van der Waals surface area contributed by atoms with Gasteiger partial charge in [-0.2, -0.15) is 0 Å². The summed E-state index contributed by atoms with van der Waals surface area (Å²) in [5, 5.41) is 15.8. The van der Waals surface area contributed by atoms with E-state index in [9.17, 15) is 0 Å². The quantitative estimate of drug-likeness (QED) is 0.141. The molecule has 0 spiro atoms. The standard InChI is InChI=1S/C74H52N2O4/c1-2-16-43(15-1)47-21-9-23-53-55-27-13-31-63(73(55)79-69(47)53)75(61-29-11-25-51-49-19-5-7-33-65(49)77-71(51)61)59-41-37-45-36-40-58-60(42-38-46-35-39-57(59)67(45)68(46)58)76(62-30-12-26-52-50-20-6-8-34-66(50)78-72(52)62)64-32-14-28-56-54-24-10-22-48(44-17-3-4-18-44)70(54)80-74(56)64/h5-14,19-44H,1-4,15-18H2. The first-order valence-electron chi connectivity index (χ1n) is 28.7. The van der Waals surface area contributed by atoms with Gasteiger partial charge in [0.25, 0.3) is 0 Å². The molecule has 18 rings (SSSR count). The van der Waals surface area contributed by atoms with Crippen molar-refractivity contribution in [3.63, 3.8) is 0 Å². The summed E-state index contributed by atoms with van der Waals surface area (Å²) in [6.07, 6.45) is 9.79. The van der Waals surface area contributed by atoms with Crippen LogP contribution >= 0.6 is 0 Å². The molecule has 0 amide bonds. The van der Waals surface area contributed by atoms with Gasteiger partial charge in [0.1, 0.15) is 22.3 Å². The van der Waals surface area contributed by atoms with Gasteiger partial charge in [-0.15, -0.1) is 0 Å². The minimum absolute atomic E-state index is 0.495. The van der Waals surface area contributed by atoms with E-state index in [1.165, 1.54) is 73.3 Å². The minimum atomic E-state index is 0.495. The van der Waals surface area contributed by atoms with Crippen LogP contribution in [0.15, 0.2) is 224 Å². The summed E-state index contributed by atoms with van der Waals surface area (Å²) >= 11 is 0. The molecule has 0 N–H and O–H groups in total. The minimum Gasteiger partial charge on any atom is -0.454 e. The number of fused-ring (bicyclic) bond motifs is 12. The van der Waals surface area contributed by atoms with E-state index in [0.29, 0.717) is 11.8 Å². The van der Waals surface area contributed by atoms with Gasteiger partial charge in [0.05, 0.1) is 34.1 Å². The molecule has 0 unspecified atom stereocenters. The van der Waals surface area contributed by atoms with Crippen LogP contribution < -0.4 is 9.80 Å². The van der Waals surface area contributed by atoms with Crippen LogP contribution in [0.5, 0.6) is 0 Å². The van der Waals surface area contributed by atoms with Crippen molar-refractivity contribution in [3.8, 4) is 0 Å². The summed E-state index contributed by atoms with van der Waals surface area (Å²) in [5.74, 6) is 0.989. The zero-order chi connectivity index (χ0) is 52.2. The molecule has 382 valence electrons. The Balaban J connectivity index is 0.910. The van der Waals surface area contributed by atoms with Crippen LogP contribution in [0.4, 0.5) is 34.1 Å². The first-order chi connectivity index (χ1) is 39.7. The average Bonchev–Trinajstić information content (AvgIpc) is 4.44. The second kappa shape index (κ2) is 17.0. The molecule has 12 aromatic carbocycles. The summed E-state index contributed by atoms with van der Waals surface area (Å²) < 4.78 is 28.5. The van der Waals surface area contributed by atoms with Gasteiger partial charge < -0.3 is 27.5 Å². The Hall–Kier alpha value is -9.52. The topological polar surface area (TPSA) is 59.0 Å². The molecule has 16 aromatic rings. The molecule has 6 nitrogen and oxygen atoms in total. The molecule has 4 heterocycles. The van der Waals surface area contributed by atoms with Gasteiger partial charge in [0, 0.05) is 53.9 Å². The van der Waals surface area contributed by atoms with Gasteiger partial charge >= 0.3 is 0 Å². The van der Waals surface area contributed by atoms with E-state index in [4.69, 9.17) is 17.7 Å². The van der Waals surface area contributed by atoms with E-state index in [0.717, 1.165) is 143 Å². The lowest BCUT2D eigenvalue weighted by molar-refractivity contribution is 0.642. The van der Waals surface area contributed by atoms with Gasteiger partial charge in [0.15, 0.2) is 22.3 Å². The summed E-state index contributed by atoms with van der Waals surface area (Å²) in [6.45, 7) is 0. The molecule has 2 aliphatic carbocycles. The molecule has 0 saturated heterocycles. The number of benzene rings is 12. The predicted octanol–water partition coefficient (Wildman–Crippen LogP) is 22.4. The summed E-state index contributed by atoms with van der Waals surface area (Å²) in [6, 6.07) is 75.1. The highest BCUT2D eigenvalue weighted by molar-refractivity contribution is 6.29. The van der Waals surface area contributed by atoms with E-state index in [2.05, 4.69) is 216 Å². The third-order valence-electron chi connectivity index (χ3n) is 18.5. The fraction of sp³-hybridized carbons (Fsp3) is 0.135. The molecule has 0 atom stereocenters. The maximum absolute atomic E-state index is 7.31. The van der Waals surface area contributed by atoms with Crippen LogP contribution in [0, 0.1) is 0 Å². The molecule has 2 fully saturated rings. The lowest BCUT2D eigenvalue weighted by Gasteiger charge is -2.29. The highest BCUT2D eigenvalue weighted by Gasteiger charge is 2.31. The highest BCUT2D eigenvalue weighted by atomic mass is 16.3. The molecule has 80 heavy (non-hydrogen) atoms. The lowest BCUT2D eigenvalue weighted by Crippen LogP contribution is -2.12. The van der Waals surface area contributed by atoms with Crippen molar-refractivity contribution >= 4 is 154 Å². The number of hydrogen-bond acceptors (Lipinski definition) is 6. The molecule has 6 heteroatoms. The lowest BCUT2D eigenvalue weighted by atomic mass is 9.91. The van der Waals surface area contributed by atoms with Crippen LogP contribution in [0.25, 0.3) is 120 Å². The van der Waals surface area contributed by atoms with Crippen LogP contribution in [0.3, 0.4) is 0 Å². The Bertz CT molecular complexity index is 4870. The Kier molecular flexibility index (Phi) is 9.44. The molecule has 0 bridgehead atoms. The molecule has 0 radical (unpaired) electrons. The summed E-state index contributed by atoms with van der Waals surface area (Å²) in [4.78, 5) is 4.82. The van der Waals surface area contributed by atoms with Crippen molar-refractivity contribution in [2.75, 3.05) is 9.80 Å². The molecular weight excluding hydrogens is 981 g/mol. The number of furan rings is 4. The summed E-state index contributed by atoms with van der Waals surface area (Å²) in [5.41, 5.74) is 15.6. The molecule has 0 aliphatic heterocycles. The first-order valence-corrected chi connectivity index (χ1v) is 28.7. The van der Waals surface area contributed by atoms with Crippen molar-refractivity contribution in [1.29, 1.82) is 0 Å². The second-order valence-electron chi connectivity index (χ2n) is 22.7. The number of para-hydroxylation sites is 8. The summed E-state index contributed by atoms with van der Waals surface area (Å²) in [7, 11) is 0. The Labute approximate surface area is 459 Å². The van der Waals surface area contributed by atoms with Crippen LogP contribution in [0.1, 0.15) is 74.3 Å². The third-order valence-corrected chi connectivity index (χ3v) is 18.5. The van der Waals surface area contributed by atoms with Crippen molar-refractivity contribution in [3.05, 3.63) is 217 Å². The SMILES string of the molecule is c1ccc2c(c1)oc1c(N(c3ccc4ccc5c(N(c6cccc7c6oc6ccccc67)c6cccc7c6oc6c(C8CCCC8)cccc67)ccc6ccc3c4c65)c3cccc4c3oc3c(C5CCCC5)cccc34)cccc12. The van der Waals surface area contributed by atoms with Crippen molar-refractivity contribution in [2.45, 2.75) is 63.2 Å². The monoisotopic (exact) mass is 1030 g/mol. The largest absolute Gasteiger partial charge is 0.454 e. The second-order valence-corrected chi connectivity index (χ2v) is 22.7. The third kappa shape index (κ3) is 6.30. The highest BCUT2D eigenvalue weighted by Crippen LogP contribution is 2.54. The van der Waals surface area contributed by atoms with Crippen molar-refractivity contribution in [2.24, 2.45) is 0 Å². The number of rotatable bonds is 8. The van der Waals surface area contributed by atoms with Crippen molar-refractivity contribution < 1.29 is 17.7 Å². The van der Waals surface area contributed by atoms with Crippen LogP contribution in [0.2, 0.25) is 0 Å². The molecule has 4 aromatic heterocycles. The van der Waals surface area contributed by atoms with E-state index in [1.807, 2.05) is 0 Å². The van der Waals surface area contributed by atoms with Gasteiger partial charge in [-0.05, 0) is 119 Å². The Morgan fingerprint density at radius 3 is 0.988 bits per heavy atom. The number of nitrogens with zero attached hydrogens (tertiary/aromatic N) is 2. The van der Waals surface area contributed by atoms with Gasteiger partial charge in [-0.3, -0.25) is 0 Å². The first kappa shape index (κ1) is 44.5.